The topological polar surface area (TPSA) is 68.0 Å². The van der Waals surface area contributed by atoms with E-state index in [1.54, 1.807) is 5.38 Å². The standard InChI is InChI=1S/C13H21N3OS2.ClH/c1-2-18-10-5-3-4-9(6-10)15-13(17)11-8-19-12(7-14)16-11;/h8-10H,2-7,14H2,1H3,(H,15,17);1H. The van der Waals surface area contributed by atoms with Crippen LogP contribution in [0.3, 0.4) is 0 Å². The maximum atomic E-state index is 12.1. The van der Waals surface area contributed by atoms with Gasteiger partial charge in [0.2, 0.25) is 0 Å². The zero-order chi connectivity index (χ0) is 13.7. The van der Waals surface area contributed by atoms with E-state index in [1.807, 2.05) is 11.8 Å². The molecule has 1 saturated carbocycles. The van der Waals surface area contributed by atoms with Crippen LogP contribution in [0.15, 0.2) is 5.38 Å². The molecule has 1 aromatic rings. The van der Waals surface area contributed by atoms with Crippen LogP contribution in [-0.2, 0) is 6.54 Å². The normalized spacial score (nSPS) is 22.1. The minimum atomic E-state index is -0.0527. The molecular weight excluding hydrogens is 314 g/mol. The second kappa shape index (κ2) is 8.87. The van der Waals surface area contributed by atoms with Crippen molar-refractivity contribution in [1.82, 2.24) is 10.3 Å². The number of nitrogens with one attached hydrogen (secondary N) is 1. The van der Waals surface area contributed by atoms with Gasteiger partial charge in [0, 0.05) is 23.2 Å². The zero-order valence-electron chi connectivity index (χ0n) is 11.6. The zero-order valence-corrected chi connectivity index (χ0v) is 14.1. The van der Waals surface area contributed by atoms with Crippen molar-refractivity contribution < 1.29 is 4.79 Å². The lowest BCUT2D eigenvalue weighted by Crippen LogP contribution is -2.39. The van der Waals surface area contributed by atoms with E-state index in [0.717, 1.165) is 23.6 Å². The quantitative estimate of drug-likeness (QED) is 0.868. The molecule has 0 bridgehead atoms. The first kappa shape index (κ1) is 17.8. The van der Waals surface area contributed by atoms with Crippen molar-refractivity contribution in [2.45, 2.75) is 50.4 Å². The molecule has 1 aliphatic carbocycles. The number of thiazole rings is 1. The Morgan fingerprint density at radius 3 is 3.05 bits per heavy atom. The molecule has 1 aliphatic rings. The number of nitrogens with two attached hydrogens (primary N) is 1. The van der Waals surface area contributed by atoms with Gasteiger partial charge < -0.3 is 11.1 Å². The lowest BCUT2D eigenvalue weighted by molar-refractivity contribution is 0.0924. The maximum absolute atomic E-state index is 12.1. The third-order valence-electron chi connectivity index (χ3n) is 3.32. The Bertz CT molecular complexity index is 426. The summed E-state index contributed by atoms with van der Waals surface area (Å²) in [4.78, 5) is 16.3. The number of carbonyl (C=O) groups excluding carboxylic acids is 1. The highest BCUT2D eigenvalue weighted by molar-refractivity contribution is 7.99. The summed E-state index contributed by atoms with van der Waals surface area (Å²) in [6.45, 7) is 2.59. The van der Waals surface area contributed by atoms with Gasteiger partial charge in [0.05, 0.1) is 0 Å². The predicted octanol–water partition coefficient (Wildman–Crippen LogP) is 2.82. The Kier molecular flexibility index (Phi) is 7.87. The van der Waals surface area contributed by atoms with Crippen LogP contribution >= 0.6 is 35.5 Å². The Morgan fingerprint density at radius 2 is 2.40 bits per heavy atom. The van der Waals surface area contributed by atoms with Crippen LogP contribution in [0.4, 0.5) is 0 Å². The Hall–Kier alpha value is -0.300. The van der Waals surface area contributed by atoms with Crippen molar-refractivity contribution in [2.75, 3.05) is 5.75 Å². The molecule has 1 fully saturated rings. The third kappa shape index (κ3) is 4.91. The molecule has 2 unspecified atom stereocenters. The highest BCUT2D eigenvalue weighted by Gasteiger charge is 2.24. The molecule has 1 aromatic heterocycles. The molecule has 20 heavy (non-hydrogen) atoms. The Balaban J connectivity index is 0.00000200. The minimum Gasteiger partial charge on any atom is -0.348 e. The van der Waals surface area contributed by atoms with Crippen molar-refractivity contribution in [2.24, 2.45) is 5.73 Å². The second-order valence-corrected chi connectivity index (χ2v) is 7.26. The number of halogens is 1. The van der Waals surface area contributed by atoms with Crippen LogP contribution in [0.2, 0.25) is 0 Å². The number of aromatic nitrogens is 1. The van der Waals surface area contributed by atoms with Crippen molar-refractivity contribution in [3.05, 3.63) is 16.1 Å². The third-order valence-corrected chi connectivity index (χ3v) is 5.43. The van der Waals surface area contributed by atoms with Crippen LogP contribution in [0.5, 0.6) is 0 Å². The van der Waals surface area contributed by atoms with E-state index < -0.39 is 0 Å². The van der Waals surface area contributed by atoms with Gasteiger partial charge in [0.15, 0.2) is 0 Å². The van der Waals surface area contributed by atoms with E-state index in [2.05, 4.69) is 17.2 Å². The van der Waals surface area contributed by atoms with E-state index in [-0.39, 0.29) is 18.3 Å². The molecule has 2 rings (SSSR count). The number of thioether (sulfide) groups is 1. The molecular formula is C13H22ClN3OS2. The van der Waals surface area contributed by atoms with E-state index in [0.29, 0.717) is 23.5 Å². The number of rotatable bonds is 5. The number of amides is 1. The molecule has 2 atom stereocenters. The summed E-state index contributed by atoms with van der Waals surface area (Å²) < 4.78 is 0. The highest BCUT2D eigenvalue weighted by atomic mass is 35.5. The first-order chi connectivity index (χ1) is 9.22. The van der Waals surface area contributed by atoms with E-state index in [9.17, 15) is 4.79 Å². The molecule has 114 valence electrons. The molecule has 0 aromatic carbocycles. The van der Waals surface area contributed by atoms with E-state index >= 15 is 0 Å². The van der Waals surface area contributed by atoms with Gasteiger partial charge in [-0.2, -0.15) is 11.8 Å². The average Bonchev–Trinajstić information content (AvgIpc) is 2.88. The molecule has 1 amide bonds. The summed E-state index contributed by atoms with van der Waals surface area (Å²) >= 11 is 3.45. The van der Waals surface area contributed by atoms with Gasteiger partial charge in [-0.25, -0.2) is 4.98 Å². The van der Waals surface area contributed by atoms with Gasteiger partial charge in [-0.05, 0) is 25.0 Å². The number of hydrogen-bond donors (Lipinski definition) is 2. The average molecular weight is 336 g/mol. The second-order valence-electron chi connectivity index (χ2n) is 4.74. The first-order valence-electron chi connectivity index (χ1n) is 6.79. The number of hydrogen-bond acceptors (Lipinski definition) is 5. The fourth-order valence-corrected chi connectivity index (χ4v) is 4.26. The molecule has 4 nitrogen and oxygen atoms in total. The number of nitrogens with zero attached hydrogens (tertiary/aromatic N) is 1. The van der Waals surface area contributed by atoms with Gasteiger partial charge >= 0.3 is 0 Å². The van der Waals surface area contributed by atoms with Crippen LogP contribution in [0, 0.1) is 0 Å². The molecule has 3 N–H and O–H groups in total. The van der Waals surface area contributed by atoms with E-state index in [1.165, 1.54) is 24.2 Å². The molecule has 0 radical (unpaired) electrons. The summed E-state index contributed by atoms with van der Waals surface area (Å²) in [6.07, 6.45) is 4.64. The molecule has 7 heteroatoms. The van der Waals surface area contributed by atoms with Crippen molar-refractivity contribution in [3.8, 4) is 0 Å². The SMILES string of the molecule is CCSC1CCCC(NC(=O)c2csc(CN)n2)C1.Cl. The van der Waals surface area contributed by atoms with Gasteiger partial charge in [-0.1, -0.05) is 13.3 Å². The Labute approximate surface area is 134 Å². The summed E-state index contributed by atoms with van der Waals surface area (Å²) in [5.74, 6) is 1.10. The monoisotopic (exact) mass is 335 g/mol. The summed E-state index contributed by atoms with van der Waals surface area (Å²) in [6, 6.07) is 0.299. The predicted molar refractivity (Wildman–Crippen MR) is 88.9 cm³/mol. The van der Waals surface area contributed by atoms with Crippen LogP contribution in [0.1, 0.15) is 48.1 Å². The van der Waals surface area contributed by atoms with Gasteiger partial charge in [-0.15, -0.1) is 23.7 Å². The Morgan fingerprint density at radius 1 is 1.60 bits per heavy atom. The van der Waals surface area contributed by atoms with Crippen molar-refractivity contribution >= 4 is 41.4 Å². The lowest BCUT2D eigenvalue weighted by Gasteiger charge is -2.29. The number of carbonyl (C=O) groups is 1. The fraction of sp³-hybridized carbons (Fsp3) is 0.692. The summed E-state index contributed by atoms with van der Waals surface area (Å²) in [5, 5.41) is 6.41. The minimum absolute atomic E-state index is 0. The smallest absolute Gasteiger partial charge is 0.270 e. The van der Waals surface area contributed by atoms with Crippen LogP contribution < -0.4 is 11.1 Å². The van der Waals surface area contributed by atoms with Crippen molar-refractivity contribution in [3.63, 3.8) is 0 Å². The van der Waals surface area contributed by atoms with Gasteiger partial charge in [-0.3, -0.25) is 4.79 Å². The van der Waals surface area contributed by atoms with E-state index in [4.69, 9.17) is 5.73 Å². The van der Waals surface area contributed by atoms with Crippen molar-refractivity contribution in [1.29, 1.82) is 0 Å². The highest BCUT2D eigenvalue weighted by Crippen LogP contribution is 2.28. The van der Waals surface area contributed by atoms with Crippen LogP contribution in [-0.4, -0.2) is 27.9 Å². The lowest BCUT2D eigenvalue weighted by atomic mass is 9.95. The summed E-state index contributed by atoms with van der Waals surface area (Å²) in [5.41, 5.74) is 6.02. The fourth-order valence-electron chi connectivity index (χ4n) is 2.43. The van der Waals surface area contributed by atoms with Gasteiger partial charge in [0.25, 0.3) is 5.91 Å². The molecule has 0 spiro atoms. The molecule has 0 aliphatic heterocycles. The van der Waals surface area contributed by atoms with Crippen LogP contribution in [0.25, 0.3) is 0 Å². The maximum Gasteiger partial charge on any atom is 0.270 e. The molecule has 1 heterocycles. The largest absolute Gasteiger partial charge is 0.348 e. The first-order valence-corrected chi connectivity index (χ1v) is 8.72. The summed E-state index contributed by atoms with van der Waals surface area (Å²) in [7, 11) is 0. The molecule has 0 saturated heterocycles. The van der Waals surface area contributed by atoms with Gasteiger partial charge in [0.1, 0.15) is 10.7 Å².